The van der Waals surface area contributed by atoms with Gasteiger partial charge in [-0.25, -0.2) is 0 Å². The molecule has 3 aromatic rings. The molecule has 0 atom stereocenters. The predicted octanol–water partition coefficient (Wildman–Crippen LogP) is 23.8. The summed E-state index contributed by atoms with van der Waals surface area (Å²) in [5, 5.41) is 19.6. The summed E-state index contributed by atoms with van der Waals surface area (Å²) in [7, 11) is 0. The molecule has 5 aliphatic heterocycles. The standard InChI is InChI=1S/C42H81N9.2C33H65N7/c1-16-19-22-50(32-26-39(8,9)47-40(10,11)27-32)35-43-34(30-49(21-18-3)31-24-37(4,5)46-38(6,7)25-31)44-36(45-35)51(23-20-17-2)33-28-41(12,13)48-42(14,15)29-33;1-10-15-20-38(21-16-11-2)30-34-29(35-31(36-30)39(22-17-12-3)23-18-13-4)27-40(24-19-14-5)28-25-32(6,7)37-33(8,9)26-28;1-10-15-20-25-40(28-26-32(6,7)37-33(8,9)27-28)31-35-29(38(21-16-11-2)22-17-12-3)34-30(36-31)39(23-18-13-4)24-19-14-5/h31-33,46-48H,16-30H2,1-15H3;2*28,37H,10-27H2,1-9H3. The molecule has 0 saturated carbocycles. The maximum atomic E-state index is 5.55. The van der Waals surface area contributed by atoms with Gasteiger partial charge in [-0.15, -0.1) is 0 Å². The van der Waals surface area contributed by atoms with E-state index in [9.17, 15) is 0 Å². The first-order valence-corrected chi connectivity index (χ1v) is 54.6. The monoisotopic (exact) mass is 1830 g/mol. The number of nitrogens with one attached hydrogen (secondary N) is 5. The van der Waals surface area contributed by atoms with Gasteiger partial charge in [0.05, 0.1) is 13.1 Å². The summed E-state index contributed by atoms with van der Waals surface area (Å²) < 4.78 is 0. The second-order valence-electron chi connectivity index (χ2n) is 47.8. The van der Waals surface area contributed by atoms with Gasteiger partial charge in [0.15, 0.2) is 0 Å². The molecule has 0 amide bonds. The Labute approximate surface area is 807 Å². The van der Waals surface area contributed by atoms with Crippen LogP contribution in [0.25, 0.3) is 0 Å². The van der Waals surface area contributed by atoms with Crippen molar-refractivity contribution in [3.63, 3.8) is 0 Å². The van der Waals surface area contributed by atoms with Gasteiger partial charge in [0.2, 0.25) is 41.6 Å². The number of nitrogens with zero attached hydrogens (tertiary/aromatic N) is 18. The van der Waals surface area contributed by atoms with E-state index in [0.717, 1.165) is 299 Å². The van der Waals surface area contributed by atoms with Crippen molar-refractivity contribution in [2.45, 2.75) is 558 Å². The summed E-state index contributed by atoms with van der Waals surface area (Å²) in [4.78, 5) is 70.9. The third kappa shape index (κ3) is 39.6. The van der Waals surface area contributed by atoms with Crippen molar-refractivity contribution in [3.8, 4) is 0 Å². The zero-order valence-electron chi connectivity index (χ0n) is 92.0. The fraction of sp³-hybridized carbons (Fsp3) is 0.917. The zero-order chi connectivity index (χ0) is 97.2. The molecule has 8 rings (SSSR count). The lowest BCUT2D eigenvalue weighted by Crippen LogP contribution is -2.63. The second kappa shape index (κ2) is 54.1. The molecule has 758 valence electrons. The number of hydrogen-bond donors (Lipinski definition) is 5. The summed E-state index contributed by atoms with van der Waals surface area (Å²) in [5.41, 5.74) is 0.622. The topological polar surface area (TPSA) is 205 Å². The van der Waals surface area contributed by atoms with Crippen LogP contribution in [-0.4, -0.2) is 225 Å². The van der Waals surface area contributed by atoms with Gasteiger partial charge >= 0.3 is 0 Å². The highest BCUT2D eigenvalue weighted by Gasteiger charge is 2.47. The van der Waals surface area contributed by atoms with Crippen molar-refractivity contribution in [1.82, 2.24) is 81.2 Å². The quantitative estimate of drug-likeness (QED) is 0.0333. The van der Waals surface area contributed by atoms with E-state index >= 15 is 0 Å². The molecular weight excluding hydrogens is 1620 g/mol. The first-order valence-electron chi connectivity index (χ1n) is 54.6. The average Bonchev–Trinajstić information content (AvgIpc) is 0.764. The van der Waals surface area contributed by atoms with E-state index in [2.05, 4.69) is 299 Å². The lowest BCUT2D eigenvalue weighted by Gasteiger charge is -2.50. The molecule has 0 radical (unpaired) electrons. The molecule has 0 aromatic carbocycles. The van der Waals surface area contributed by atoms with E-state index in [1.165, 1.54) is 83.5 Å². The molecular formula is C108H211N23. The number of anilines is 7. The van der Waals surface area contributed by atoms with Crippen molar-refractivity contribution in [3.05, 3.63) is 11.6 Å². The first kappa shape index (κ1) is 115. The summed E-state index contributed by atoms with van der Waals surface area (Å²) in [6, 6.07) is 2.07. The van der Waals surface area contributed by atoms with Crippen LogP contribution >= 0.6 is 0 Å². The highest BCUT2D eigenvalue weighted by atomic mass is 15.4. The van der Waals surface area contributed by atoms with Crippen LogP contribution in [0.2, 0.25) is 0 Å². The molecule has 3 aromatic heterocycles. The number of hydrogen-bond acceptors (Lipinski definition) is 23. The van der Waals surface area contributed by atoms with Gasteiger partial charge in [0.25, 0.3) is 0 Å². The molecule has 5 fully saturated rings. The molecule has 5 saturated heterocycles. The van der Waals surface area contributed by atoms with E-state index < -0.39 is 0 Å². The van der Waals surface area contributed by atoms with Gasteiger partial charge in [-0.1, -0.05) is 173 Å². The summed E-state index contributed by atoms with van der Waals surface area (Å²) in [5.74, 6) is 8.09. The Morgan fingerprint density at radius 1 is 0.191 bits per heavy atom. The van der Waals surface area contributed by atoms with Gasteiger partial charge in [-0.2, -0.15) is 44.9 Å². The van der Waals surface area contributed by atoms with Crippen LogP contribution < -0.4 is 60.9 Å². The van der Waals surface area contributed by atoms with Crippen molar-refractivity contribution in [2.24, 2.45) is 0 Å². The van der Waals surface area contributed by atoms with Gasteiger partial charge in [-0.05, 0) is 299 Å². The van der Waals surface area contributed by atoms with Crippen LogP contribution in [0.1, 0.15) is 471 Å². The Morgan fingerprint density at radius 3 is 0.603 bits per heavy atom. The normalized spacial score (nSPS) is 19.8. The summed E-state index contributed by atoms with van der Waals surface area (Å²) in [6.07, 6.45) is 41.3. The van der Waals surface area contributed by atoms with Gasteiger partial charge in [-0.3, -0.25) is 9.80 Å². The molecule has 0 bridgehead atoms. The van der Waals surface area contributed by atoms with Gasteiger partial charge in [0.1, 0.15) is 11.6 Å². The minimum Gasteiger partial charge on any atom is -0.341 e. The van der Waals surface area contributed by atoms with E-state index in [1.54, 1.807) is 0 Å². The van der Waals surface area contributed by atoms with Crippen LogP contribution in [0.5, 0.6) is 0 Å². The number of unbranched alkanes of at least 4 members (excludes halogenated alkanes) is 13. The van der Waals surface area contributed by atoms with Crippen molar-refractivity contribution < 1.29 is 0 Å². The number of aromatic nitrogens is 9. The SMILES string of the molecule is CCCCCN(c1nc(N(CCCC)CCCC)nc(N(CCCC)CCCC)n1)C1CC(C)(C)NC(C)(C)C1.CCCCN(CCCC)c1nc(CN(CCCC)C2CC(C)(C)NC(C)(C)C2)nc(N(CCCC)CCCC)n1.CCCCN(c1nc(CN(CCC)C2CC(C)(C)NC(C)(C)C2)nc(N(CCCC)C2CC(C)(C)NC(C)(C)C2)n1)C1CC(C)(C)NC(C)(C)C1. The Balaban J connectivity index is 0.000000306. The minimum atomic E-state index is 0.0293. The molecule has 0 spiro atoms. The second-order valence-corrected chi connectivity index (χ2v) is 47.8. The minimum absolute atomic E-state index is 0.0293. The van der Waals surface area contributed by atoms with Crippen molar-refractivity contribution >= 4 is 41.6 Å². The van der Waals surface area contributed by atoms with E-state index in [4.69, 9.17) is 44.9 Å². The lowest BCUT2D eigenvalue weighted by molar-refractivity contribution is 0.0588. The molecule has 5 N–H and O–H groups in total. The van der Waals surface area contributed by atoms with E-state index in [1.807, 2.05) is 0 Å². The molecule has 8 heterocycles. The molecule has 23 nitrogen and oxygen atoms in total. The molecule has 0 unspecified atom stereocenters. The Hall–Kier alpha value is -4.65. The largest absolute Gasteiger partial charge is 0.341 e. The maximum absolute atomic E-state index is 5.55. The highest BCUT2D eigenvalue weighted by molar-refractivity contribution is 5.49. The molecule has 131 heavy (non-hydrogen) atoms. The first-order chi connectivity index (χ1) is 61.6. The highest BCUT2D eigenvalue weighted by Crippen LogP contribution is 2.41. The van der Waals surface area contributed by atoms with Crippen LogP contribution in [0, 0.1) is 0 Å². The molecule has 23 heteroatoms. The van der Waals surface area contributed by atoms with Crippen molar-refractivity contribution in [1.29, 1.82) is 0 Å². The Kier molecular flexibility index (Phi) is 47.5. The smallest absolute Gasteiger partial charge is 0.232 e. The lowest BCUT2D eigenvalue weighted by atomic mass is 9.79. The fourth-order valence-corrected chi connectivity index (χ4v) is 23.1. The number of rotatable bonds is 55. The molecule has 5 aliphatic rings. The van der Waals surface area contributed by atoms with E-state index in [0.29, 0.717) is 30.2 Å². The fourth-order valence-electron chi connectivity index (χ4n) is 23.1. The molecule has 0 aliphatic carbocycles. The third-order valence-electron chi connectivity index (χ3n) is 27.8. The van der Waals surface area contributed by atoms with E-state index in [-0.39, 0.29) is 55.4 Å². The average molecular weight is 1830 g/mol. The van der Waals surface area contributed by atoms with Gasteiger partial charge in [0, 0.05) is 158 Å². The van der Waals surface area contributed by atoms with Crippen LogP contribution in [0.15, 0.2) is 0 Å². The zero-order valence-corrected chi connectivity index (χ0v) is 92.0. The third-order valence-corrected chi connectivity index (χ3v) is 27.8. The van der Waals surface area contributed by atoms with Crippen molar-refractivity contribution in [2.75, 3.05) is 119 Å². The summed E-state index contributed by atoms with van der Waals surface area (Å²) in [6.45, 7) is 91.6. The predicted molar refractivity (Wildman–Crippen MR) is 567 cm³/mol. The van der Waals surface area contributed by atoms with Crippen LogP contribution in [-0.2, 0) is 13.1 Å². The summed E-state index contributed by atoms with van der Waals surface area (Å²) >= 11 is 0. The maximum Gasteiger partial charge on any atom is 0.232 e. The van der Waals surface area contributed by atoms with Gasteiger partial charge < -0.3 is 60.9 Å². The number of piperidine rings is 5. The van der Waals surface area contributed by atoms with Crippen LogP contribution in [0.4, 0.5) is 41.6 Å². The van der Waals surface area contributed by atoms with Crippen LogP contribution in [0.3, 0.4) is 0 Å². The Bertz CT molecular complexity index is 3390. The Morgan fingerprint density at radius 2 is 0.366 bits per heavy atom.